The molecule has 0 amide bonds. The summed E-state index contributed by atoms with van der Waals surface area (Å²) in [5, 5.41) is 113. The van der Waals surface area contributed by atoms with Gasteiger partial charge < -0.3 is 89.3 Å². The summed E-state index contributed by atoms with van der Waals surface area (Å²) in [6.07, 6.45) is -12.4. The number of hydrogen-bond acceptors (Lipinski definition) is 19. The zero-order valence-electron chi connectivity index (χ0n) is 37.7. The van der Waals surface area contributed by atoms with Crippen LogP contribution in [0.5, 0.6) is 0 Å². The van der Waals surface area contributed by atoms with Gasteiger partial charge in [-0.15, -0.1) is 0 Å². The lowest BCUT2D eigenvalue weighted by molar-refractivity contribution is -0.336. The van der Waals surface area contributed by atoms with E-state index in [0.717, 1.165) is 44.1 Å². The molecule has 4 aliphatic carbocycles. The Kier molecular flexibility index (Phi) is 15.0. The standard InChI is InChI=1S/C46H72O19/c1-19-13-28(62-41(58)24(19)17-59-42-38(55)35(52)32(49)29(15-47)63-42)20(2)25-7-8-26-23-6-5-21-14-22(9-11-45(21,3)27(23)10-12-46(25,26)4)61-44-40(57)37(54)34(51)31(65-44)18-60-43-39(56)36(53)33(50)30(16-48)64-43/h5,20,22-23,25-40,42-44,47-57H,6-18H2,1-4H3/t20-,22+,23?,25?,26?,27?,28?,29?,30?,31?,32?,33?,34?,35?,36?,37?,38?,39?,40?,42?,43?,44?,45+,46-/m1/s1. The van der Waals surface area contributed by atoms with Crippen molar-refractivity contribution >= 4 is 5.97 Å². The fraction of sp³-hybridized carbons (Fsp3) is 0.891. The first-order chi connectivity index (χ1) is 30.8. The number of fused-ring (bicyclic) bond motifs is 5. The van der Waals surface area contributed by atoms with E-state index in [1.165, 1.54) is 5.57 Å². The van der Waals surface area contributed by atoms with Gasteiger partial charge in [0.15, 0.2) is 18.9 Å². The Labute approximate surface area is 378 Å². The highest BCUT2D eigenvalue weighted by Gasteiger charge is 2.60. The second kappa shape index (κ2) is 19.6. The van der Waals surface area contributed by atoms with Gasteiger partial charge in [0.05, 0.1) is 38.1 Å². The molecule has 0 radical (unpaired) electrons. The van der Waals surface area contributed by atoms with Gasteiger partial charge >= 0.3 is 5.97 Å². The Morgan fingerprint density at radius 2 is 1.28 bits per heavy atom. The van der Waals surface area contributed by atoms with Gasteiger partial charge in [-0.2, -0.15) is 0 Å². The highest BCUT2D eigenvalue weighted by atomic mass is 16.7. The number of ether oxygens (including phenoxy) is 7. The van der Waals surface area contributed by atoms with Crippen molar-refractivity contribution in [2.24, 2.45) is 40.4 Å². The highest BCUT2D eigenvalue weighted by Crippen LogP contribution is 2.67. The molecule has 3 saturated carbocycles. The molecule has 6 fully saturated rings. The van der Waals surface area contributed by atoms with Crippen molar-refractivity contribution in [3.05, 3.63) is 22.8 Å². The van der Waals surface area contributed by atoms with Crippen molar-refractivity contribution < 1.29 is 94.1 Å². The third kappa shape index (κ3) is 9.03. The lowest BCUT2D eigenvalue weighted by Crippen LogP contribution is -2.62. The molecular formula is C46H72O19. The molecular weight excluding hydrogens is 856 g/mol. The number of esters is 1. The first kappa shape index (κ1) is 49.7. The summed E-state index contributed by atoms with van der Waals surface area (Å²) in [4.78, 5) is 13.5. The van der Waals surface area contributed by atoms with Gasteiger partial charge in [-0.1, -0.05) is 38.0 Å². The number of carbonyl (C=O) groups excluding carboxylic acids is 1. The summed E-state index contributed by atoms with van der Waals surface area (Å²) in [5.74, 6) is 1.41. The minimum absolute atomic E-state index is 0.0494. The molecule has 0 aromatic rings. The molecule has 11 N–H and O–H groups in total. The van der Waals surface area contributed by atoms with Crippen LogP contribution in [-0.2, 0) is 38.0 Å². The van der Waals surface area contributed by atoms with Crippen LogP contribution in [0.25, 0.3) is 0 Å². The van der Waals surface area contributed by atoms with Crippen LogP contribution in [0.2, 0.25) is 0 Å². The molecule has 3 saturated heterocycles. The van der Waals surface area contributed by atoms with Crippen molar-refractivity contribution in [1.29, 1.82) is 0 Å². The molecule has 20 unspecified atom stereocenters. The molecule has 19 nitrogen and oxygen atoms in total. The minimum Gasteiger partial charge on any atom is -0.458 e. The fourth-order valence-electron chi connectivity index (χ4n) is 13.4. The third-order valence-electron chi connectivity index (χ3n) is 17.4. The third-order valence-corrected chi connectivity index (χ3v) is 17.4. The van der Waals surface area contributed by atoms with E-state index >= 15 is 0 Å². The van der Waals surface area contributed by atoms with E-state index in [1.807, 2.05) is 6.92 Å². The number of hydrogen-bond donors (Lipinski definition) is 11. The maximum atomic E-state index is 13.5. The van der Waals surface area contributed by atoms with Crippen molar-refractivity contribution in [1.82, 2.24) is 0 Å². The second-order valence-corrected chi connectivity index (χ2v) is 20.8. The molecule has 65 heavy (non-hydrogen) atoms. The van der Waals surface area contributed by atoms with Crippen LogP contribution in [0, 0.1) is 40.4 Å². The molecule has 8 aliphatic rings. The molecule has 24 atom stereocenters. The van der Waals surface area contributed by atoms with Gasteiger partial charge in [0.1, 0.15) is 79.4 Å². The summed E-state index contributed by atoms with van der Waals surface area (Å²) in [6, 6.07) is 0. The van der Waals surface area contributed by atoms with Crippen LogP contribution in [-0.4, -0.2) is 193 Å². The first-order valence-corrected chi connectivity index (χ1v) is 23.6. The topological polar surface area (TPSA) is 304 Å². The lowest BCUT2D eigenvalue weighted by atomic mass is 9.47. The Balaban J connectivity index is 0.867. The van der Waals surface area contributed by atoms with Crippen LogP contribution in [0.1, 0.15) is 85.5 Å². The van der Waals surface area contributed by atoms with E-state index in [1.54, 1.807) is 0 Å². The average molecular weight is 929 g/mol. The van der Waals surface area contributed by atoms with Crippen molar-refractivity contribution in [3.8, 4) is 0 Å². The predicted octanol–water partition coefficient (Wildman–Crippen LogP) is -1.34. The molecule has 370 valence electrons. The van der Waals surface area contributed by atoms with Crippen LogP contribution in [0.4, 0.5) is 0 Å². The molecule has 19 heteroatoms. The largest absolute Gasteiger partial charge is 0.458 e. The number of aliphatic hydroxyl groups excluding tert-OH is 11. The maximum Gasteiger partial charge on any atom is 0.336 e. The number of allylic oxidation sites excluding steroid dienone is 1. The van der Waals surface area contributed by atoms with Gasteiger partial charge in [0.2, 0.25) is 0 Å². The molecule has 0 spiro atoms. The normalized spacial score (nSPS) is 50.8. The van der Waals surface area contributed by atoms with Crippen LogP contribution < -0.4 is 0 Å². The predicted molar refractivity (Wildman–Crippen MR) is 223 cm³/mol. The van der Waals surface area contributed by atoms with Crippen molar-refractivity contribution in [2.75, 3.05) is 26.4 Å². The van der Waals surface area contributed by atoms with Gasteiger partial charge in [0, 0.05) is 6.42 Å². The van der Waals surface area contributed by atoms with Crippen LogP contribution >= 0.6 is 0 Å². The highest BCUT2D eigenvalue weighted by molar-refractivity contribution is 5.90. The number of rotatable bonds is 12. The Bertz CT molecular complexity index is 1740. The van der Waals surface area contributed by atoms with Crippen LogP contribution in [0.15, 0.2) is 22.8 Å². The zero-order valence-corrected chi connectivity index (χ0v) is 37.7. The molecule has 4 aliphatic heterocycles. The second-order valence-electron chi connectivity index (χ2n) is 20.8. The molecule has 0 bridgehead atoms. The summed E-state index contributed by atoms with van der Waals surface area (Å²) in [5.41, 5.74) is 2.47. The van der Waals surface area contributed by atoms with E-state index < -0.39 is 118 Å². The fourth-order valence-corrected chi connectivity index (χ4v) is 13.4. The summed E-state index contributed by atoms with van der Waals surface area (Å²) in [6.45, 7) is 7.00. The van der Waals surface area contributed by atoms with E-state index in [4.69, 9.17) is 33.2 Å². The lowest BCUT2D eigenvalue weighted by Gasteiger charge is -2.59. The van der Waals surface area contributed by atoms with Gasteiger partial charge in [-0.3, -0.25) is 0 Å². The van der Waals surface area contributed by atoms with Crippen molar-refractivity contribution in [3.63, 3.8) is 0 Å². The Morgan fingerprint density at radius 3 is 1.89 bits per heavy atom. The van der Waals surface area contributed by atoms with Gasteiger partial charge in [-0.25, -0.2) is 4.79 Å². The first-order valence-electron chi connectivity index (χ1n) is 23.6. The van der Waals surface area contributed by atoms with E-state index in [2.05, 4.69) is 26.8 Å². The summed E-state index contributed by atoms with van der Waals surface area (Å²) >= 11 is 0. The monoisotopic (exact) mass is 928 g/mol. The smallest absolute Gasteiger partial charge is 0.336 e. The van der Waals surface area contributed by atoms with Crippen LogP contribution in [0.3, 0.4) is 0 Å². The minimum atomic E-state index is -1.67. The summed E-state index contributed by atoms with van der Waals surface area (Å²) < 4.78 is 40.6. The zero-order chi connectivity index (χ0) is 46.9. The number of carbonyl (C=O) groups is 1. The summed E-state index contributed by atoms with van der Waals surface area (Å²) in [7, 11) is 0. The van der Waals surface area contributed by atoms with Gasteiger partial charge in [0.25, 0.3) is 0 Å². The van der Waals surface area contributed by atoms with Gasteiger partial charge in [-0.05, 0) is 98.7 Å². The Morgan fingerprint density at radius 1 is 0.692 bits per heavy atom. The molecule has 4 heterocycles. The maximum absolute atomic E-state index is 13.5. The molecule has 0 aromatic carbocycles. The average Bonchev–Trinajstić information content (AvgIpc) is 3.65. The van der Waals surface area contributed by atoms with E-state index in [9.17, 15) is 61.0 Å². The number of cyclic esters (lactones) is 1. The number of aliphatic hydroxyl groups is 11. The van der Waals surface area contributed by atoms with E-state index in [-0.39, 0.29) is 35.6 Å². The van der Waals surface area contributed by atoms with Crippen molar-refractivity contribution in [2.45, 2.75) is 190 Å². The molecule has 8 rings (SSSR count). The Hall–Kier alpha value is -1.73. The molecule has 0 aromatic heterocycles. The quantitative estimate of drug-likeness (QED) is 0.0797. The SMILES string of the molecule is CC1=C(COC2OC(CO)C(O)C(O)C2O)C(=O)OC([C@H](C)C2CCC3C4CC=C5C[C@@H](OC6OC(COC7OC(CO)C(O)C(O)C7O)C(O)C(O)C6O)CC[C@]5(C)C4CC[C@@]32C)C1. The van der Waals surface area contributed by atoms with E-state index in [0.29, 0.717) is 48.5 Å².